The van der Waals surface area contributed by atoms with Crippen LogP contribution >= 0.6 is 11.8 Å². The van der Waals surface area contributed by atoms with Gasteiger partial charge in [0.05, 0.1) is 11.4 Å². The van der Waals surface area contributed by atoms with E-state index in [0.717, 1.165) is 22.8 Å². The summed E-state index contributed by atoms with van der Waals surface area (Å²) in [6.45, 7) is 2.97. The summed E-state index contributed by atoms with van der Waals surface area (Å²) in [6, 6.07) is 14.0. The van der Waals surface area contributed by atoms with E-state index in [1.54, 1.807) is 23.9 Å². The third-order valence-electron chi connectivity index (χ3n) is 4.13. The van der Waals surface area contributed by atoms with E-state index >= 15 is 0 Å². The lowest BCUT2D eigenvalue weighted by molar-refractivity contribution is 0.144. The molecule has 0 spiro atoms. The van der Waals surface area contributed by atoms with Crippen molar-refractivity contribution in [2.45, 2.75) is 22.8 Å². The molecule has 0 saturated heterocycles. The number of benzene rings is 2. The Hall–Kier alpha value is -2.18. The van der Waals surface area contributed by atoms with Crippen molar-refractivity contribution >= 4 is 29.3 Å². The Bertz CT molecular complexity index is 764. The molecule has 0 radical (unpaired) electrons. The van der Waals surface area contributed by atoms with Crippen LogP contribution in [0.25, 0.3) is 0 Å². The fraction of sp³-hybridized carbons (Fsp3) is 0.278. The molecule has 6 heteroatoms. The van der Waals surface area contributed by atoms with Crippen LogP contribution in [-0.2, 0) is 0 Å². The highest BCUT2D eigenvalue weighted by Gasteiger charge is 2.25. The van der Waals surface area contributed by atoms with Gasteiger partial charge in [0.1, 0.15) is 5.75 Å². The molecule has 1 N–H and O–H groups in total. The van der Waals surface area contributed by atoms with Gasteiger partial charge in [-0.3, -0.25) is 0 Å². The number of para-hydroxylation sites is 1. The molecular formula is C18H20N2O3S. The maximum atomic E-state index is 10.8. The molecule has 1 atom stereocenters. The monoisotopic (exact) mass is 344 g/mol. The Morgan fingerprint density at radius 1 is 1.21 bits per heavy atom. The number of rotatable bonds is 4. The number of likely N-dealkylation sites (N-methyl/N-ethyl adjacent to an activating group) is 1. The molecular weight excluding hydrogens is 324 g/mol. The molecule has 0 amide bonds. The fourth-order valence-corrected chi connectivity index (χ4v) is 3.67. The molecule has 2 aromatic rings. The van der Waals surface area contributed by atoms with Crippen LogP contribution in [0, 0.1) is 0 Å². The second-order valence-corrected chi connectivity index (χ2v) is 7.07. The SMILES string of the molecule is CC(CN1c2ccccc2Sc2ccc(OC(=O)O)cc21)N(C)C. The highest BCUT2D eigenvalue weighted by Crippen LogP contribution is 2.49. The maximum Gasteiger partial charge on any atom is 0.511 e. The van der Waals surface area contributed by atoms with Crippen molar-refractivity contribution in [2.75, 3.05) is 25.5 Å². The zero-order chi connectivity index (χ0) is 17.3. The molecule has 1 unspecified atom stereocenters. The molecule has 5 nitrogen and oxygen atoms in total. The first-order valence-corrected chi connectivity index (χ1v) is 8.53. The van der Waals surface area contributed by atoms with E-state index in [2.05, 4.69) is 43.0 Å². The average molecular weight is 344 g/mol. The van der Waals surface area contributed by atoms with Crippen molar-refractivity contribution < 1.29 is 14.6 Å². The number of fused-ring (bicyclic) bond motifs is 2. The van der Waals surface area contributed by atoms with Crippen LogP contribution in [0.5, 0.6) is 5.75 Å². The Balaban J connectivity index is 2.03. The van der Waals surface area contributed by atoms with Crippen LogP contribution in [0.2, 0.25) is 0 Å². The number of carbonyl (C=O) groups is 1. The van der Waals surface area contributed by atoms with Gasteiger partial charge in [-0.15, -0.1) is 0 Å². The lowest BCUT2D eigenvalue weighted by Crippen LogP contribution is -2.37. The summed E-state index contributed by atoms with van der Waals surface area (Å²) < 4.78 is 4.84. The molecule has 1 aliphatic rings. The second-order valence-electron chi connectivity index (χ2n) is 5.99. The summed E-state index contributed by atoms with van der Waals surface area (Å²) in [4.78, 5) is 17.5. The predicted molar refractivity (Wildman–Crippen MR) is 95.8 cm³/mol. The van der Waals surface area contributed by atoms with Crippen molar-refractivity contribution in [3.63, 3.8) is 0 Å². The van der Waals surface area contributed by atoms with Crippen LogP contribution in [0.3, 0.4) is 0 Å². The number of anilines is 2. The minimum absolute atomic E-state index is 0.332. The first-order valence-electron chi connectivity index (χ1n) is 7.71. The van der Waals surface area contributed by atoms with Gasteiger partial charge in [0.25, 0.3) is 0 Å². The normalized spacial score (nSPS) is 14.1. The number of hydrogen-bond acceptors (Lipinski definition) is 5. The molecule has 2 aromatic carbocycles. The summed E-state index contributed by atoms with van der Waals surface area (Å²) in [6.07, 6.45) is -1.30. The minimum atomic E-state index is -1.30. The van der Waals surface area contributed by atoms with Crippen molar-refractivity contribution in [1.29, 1.82) is 0 Å². The topological polar surface area (TPSA) is 53.0 Å². The Morgan fingerprint density at radius 2 is 1.92 bits per heavy atom. The first-order chi connectivity index (χ1) is 11.5. The smallest absolute Gasteiger partial charge is 0.449 e. The van der Waals surface area contributed by atoms with E-state index in [9.17, 15) is 4.79 Å². The first kappa shape index (κ1) is 16.7. The number of hydrogen-bond donors (Lipinski definition) is 1. The minimum Gasteiger partial charge on any atom is -0.449 e. The molecule has 24 heavy (non-hydrogen) atoms. The second kappa shape index (κ2) is 6.75. The quantitative estimate of drug-likeness (QED) is 0.659. The van der Waals surface area contributed by atoms with Crippen molar-refractivity contribution in [3.8, 4) is 5.75 Å². The Kier molecular flexibility index (Phi) is 4.69. The van der Waals surface area contributed by atoms with E-state index in [0.29, 0.717) is 11.8 Å². The van der Waals surface area contributed by atoms with E-state index in [4.69, 9.17) is 9.84 Å². The Labute approximate surface area is 145 Å². The molecule has 0 aliphatic carbocycles. The van der Waals surface area contributed by atoms with Crippen LogP contribution < -0.4 is 9.64 Å². The zero-order valence-corrected chi connectivity index (χ0v) is 14.7. The lowest BCUT2D eigenvalue weighted by atomic mass is 10.2. The summed E-state index contributed by atoms with van der Waals surface area (Å²) in [7, 11) is 4.11. The van der Waals surface area contributed by atoms with E-state index in [-0.39, 0.29) is 0 Å². The number of carboxylic acid groups (broad SMARTS) is 1. The predicted octanol–water partition coefficient (Wildman–Crippen LogP) is 4.30. The van der Waals surface area contributed by atoms with Gasteiger partial charge in [-0.2, -0.15) is 0 Å². The highest BCUT2D eigenvalue weighted by molar-refractivity contribution is 7.99. The summed E-state index contributed by atoms with van der Waals surface area (Å²) in [5.74, 6) is 0.337. The van der Waals surface area contributed by atoms with Crippen molar-refractivity contribution in [1.82, 2.24) is 4.90 Å². The number of nitrogens with zero attached hydrogens (tertiary/aromatic N) is 2. The van der Waals surface area contributed by atoms with Gasteiger partial charge in [-0.1, -0.05) is 23.9 Å². The van der Waals surface area contributed by atoms with Gasteiger partial charge in [0.15, 0.2) is 0 Å². The van der Waals surface area contributed by atoms with Crippen LogP contribution in [-0.4, -0.2) is 42.8 Å². The van der Waals surface area contributed by atoms with Gasteiger partial charge < -0.3 is 19.6 Å². The van der Waals surface area contributed by atoms with Crippen molar-refractivity contribution in [2.24, 2.45) is 0 Å². The summed E-state index contributed by atoms with van der Waals surface area (Å²) >= 11 is 1.69. The molecule has 126 valence electrons. The van der Waals surface area contributed by atoms with Crippen LogP contribution in [0.4, 0.5) is 16.2 Å². The van der Waals surface area contributed by atoms with Gasteiger partial charge in [0.2, 0.25) is 0 Å². The van der Waals surface area contributed by atoms with Gasteiger partial charge >= 0.3 is 6.16 Å². The lowest BCUT2D eigenvalue weighted by Gasteiger charge is -2.36. The molecule has 0 bridgehead atoms. The van der Waals surface area contributed by atoms with Crippen LogP contribution in [0.1, 0.15) is 6.92 Å². The molecule has 1 aliphatic heterocycles. The maximum absolute atomic E-state index is 10.8. The summed E-state index contributed by atoms with van der Waals surface area (Å²) in [5, 5.41) is 8.87. The molecule has 1 heterocycles. The van der Waals surface area contributed by atoms with E-state index in [1.165, 1.54) is 4.90 Å². The standard InChI is InChI=1S/C18H20N2O3S/c1-12(19(2)3)11-20-14-6-4-5-7-16(14)24-17-9-8-13(10-15(17)20)23-18(21)22/h4-10,12H,11H2,1-3H3,(H,21,22). The zero-order valence-electron chi connectivity index (χ0n) is 13.9. The van der Waals surface area contributed by atoms with Gasteiger partial charge in [-0.25, -0.2) is 4.79 Å². The van der Waals surface area contributed by atoms with E-state index < -0.39 is 6.16 Å². The van der Waals surface area contributed by atoms with Gasteiger partial charge in [-0.05, 0) is 45.3 Å². The largest absolute Gasteiger partial charge is 0.511 e. The Morgan fingerprint density at radius 3 is 2.62 bits per heavy atom. The third kappa shape index (κ3) is 3.34. The van der Waals surface area contributed by atoms with E-state index in [1.807, 2.05) is 18.2 Å². The molecule has 0 fully saturated rings. The highest BCUT2D eigenvalue weighted by atomic mass is 32.2. The van der Waals surface area contributed by atoms with Crippen molar-refractivity contribution in [3.05, 3.63) is 42.5 Å². The van der Waals surface area contributed by atoms with Gasteiger partial charge in [0, 0.05) is 28.4 Å². The molecule has 3 rings (SSSR count). The molecule has 0 aromatic heterocycles. The third-order valence-corrected chi connectivity index (χ3v) is 5.26. The molecule has 0 saturated carbocycles. The average Bonchev–Trinajstić information content (AvgIpc) is 2.54. The number of ether oxygens (including phenoxy) is 1. The fourth-order valence-electron chi connectivity index (χ4n) is 2.60. The van der Waals surface area contributed by atoms with Crippen LogP contribution in [0.15, 0.2) is 52.3 Å². The summed E-state index contributed by atoms with van der Waals surface area (Å²) in [5.41, 5.74) is 2.11.